The van der Waals surface area contributed by atoms with E-state index < -0.39 is 0 Å². The molecule has 0 aliphatic heterocycles. The second-order valence-electron chi connectivity index (χ2n) is 6.05. The molecular formula is C22H18Cl2N2O2. The standard InChI is InChI=1S/C22H18Cl2N2O2/c1-15(16-5-3-2-4-6-16)25-26-22(27)17-8-11-20(12-9-17)28-14-18-7-10-19(23)13-21(18)24/h2-13H,14H2,1H3,(H,26,27)/b25-15+. The summed E-state index contributed by atoms with van der Waals surface area (Å²) in [5.74, 6) is 0.342. The fourth-order valence-corrected chi connectivity index (χ4v) is 2.91. The third kappa shape index (κ3) is 5.35. The van der Waals surface area contributed by atoms with Crippen LogP contribution >= 0.6 is 23.2 Å². The van der Waals surface area contributed by atoms with Gasteiger partial charge in [-0.25, -0.2) is 5.43 Å². The first kappa shape index (κ1) is 19.9. The van der Waals surface area contributed by atoms with Crippen LogP contribution in [-0.2, 0) is 6.61 Å². The van der Waals surface area contributed by atoms with Gasteiger partial charge in [0.15, 0.2) is 0 Å². The van der Waals surface area contributed by atoms with Crippen molar-refractivity contribution in [3.8, 4) is 5.75 Å². The van der Waals surface area contributed by atoms with Crippen LogP contribution in [0.2, 0.25) is 10.0 Å². The van der Waals surface area contributed by atoms with E-state index >= 15 is 0 Å². The molecule has 0 atom stereocenters. The largest absolute Gasteiger partial charge is 0.489 e. The van der Waals surface area contributed by atoms with Gasteiger partial charge in [-0.3, -0.25) is 4.79 Å². The van der Waals surface area contributed by atoms with Gasteiger partial charge in [-0.2, -0.15) is 5.10 Å². The quantitative estimate of drug-likeness (QED) is 0.415. The van der Waals surface area contributed by atoms with Gasteiger partial charge in [-0.15, -0.1) is 0 Å². The molecule has 0 radical (unpaired) electrons. The predicted molar refractivity (Wildman–Crippen MR) is 113 cm³/mol. The maximum absolute atomic E-state index is 12.3. The highest BCUT2D eigenvalue weighted by molar-refractivity contribution is 6.35. The number of ether oxygens (including phenoxy) is 1. The van der Waals surface area contributed by atoms with Crippen molar-refractivity contribution in [2.24, 2.45) is 5.10 Å². The van der Waals surface area contributed by atoms with Gasteiger partial charge in [0.05, 0.1) is 5.71 Å². The Morgan fingerprint density at radius 2 is 1.68 bits per heavy atom. The highest BCUT2D eigenvalue weighted by atomic mass is 35.5. The molecule has 28 heavy (non-hydrogen) atoms. The summed E-state index contributed by atoms with van der Waals surface area (Å²) < 4.78 is 5.72. The number of hydrazone groups is 1. The van der Waals surface area contributed by atoms with Crippen LogP contribution in [0.25, 0.3) is 0 Å². The maximum atomic E-state index is 12.3. The van der Waals surface area contributed by atoms with E-state index in [4.69, 9.17) is 27.9 Å². The topological polar surface area (TPSA) is 50.7 Å². The van der Waals surface area contributed by atoms with Gasteiger partial charge in [0, 0.05) is 21.2 Å². The fraction of sp³-hybridized carbons (Fsp3) is 0.0909. The molecule has 142 valence electrons. The van der Waals surface area contributed by atoms with Gasteiger partial charge in [0.1, 0.15) is 12.4 Å². The SMILES string of the molecule is C/C(=N\NC(=O)c1ccc(OCc2ccc(Cl)cc2Cl)cc1)c1ccccc1. The average Bonchev–Trinajstić information content (AvgIpc) is 2.72. The van der Waals surface area contributed by atoms with E-state index in [0.29, 0.717) is 28.0 Å². The summed E-state index contributed by atoms with van der Waals surface area (Å²) >= 11 is 12.0. The molecule has 0 aliphatic carbocycles. The van der Waals surface area contributed by atoms with Crippen LogP contribution in [0.1, 0.15) is 28.4 Å². The van der Waals surface area contributed by atoms with Gasteiger partial charge in [0.25, 0.3) is 5.91 Å². The Bertz CT molecular complexity index is 987. The zero-order valence-corrected chi connectivity index (χ0v) is 16.7. The lowest BCUT2D eigenvalue weighted by molar-refractivity contribution is 0.0955. The van der Waals surface area contributed by atoms with E-state index in [2.05, 4.69) is 10.5 Å². The zero-order chi connectivity index (χ0) is 19.9. The molecule has 0 aliphatic rings. The number of carbonyl (C=O) groups excluding carboxylic acids is 1. The van der Waals surface area contributed by atoms with Crippen LogP contribution in [0, 0.1) is 0 Å². The fourth-order valence-electron chi connectivity index (χ4n) is 2.45. The molecule has 0 saturated carbocycles. The van der Waals surface area contributed by atoms with E-state index in [1.165, 1.54) is 0 Å². The Kier molecular flexibility index (Phi) is 6.69. The number of nitrogens with zero attached hydrogens (tertiary/aromatic N) is 1. The van der Waals surface area contributed by atoms with Gasteiger partial charge in [-0.05, 0) is 48.9 Å². The monoisotopic (exact) mass is 412 g/mol. The molecule has 0 saturated heterocycles. The molecule has 3 rings (SSSR count). The Labute approximate surface area is 173 Å². The van der Waals surface area contributed by atoms with Crippen LogP contribution < -0.4 is 10.2 Å². The van der Waals surface area contributed by atoms with Crippen molar-refractivity contribution in [3.63, 3.8) is 0 Å². The summed E-state index contributed by atoms with van der Waals surface area (Å²) in [4.78, 5) is 12.3. The molecule has 1 N–H and O–H groups in total. The van der Waals surface area contributed by atoms with E-state index in [1.54, 1.807) is 36.4 Å². The van der Waals surface area contributed by atoms with Crippen molar-refractivity contribution in [1.29, 1.82) is 0 Å². The molecule has 0 spiro atoms. The predicted octanol–water partition coefficient (Wildman–Crippen LogP) is 5.73. The van der Waals surface area contributed by atoms with Gasteiger partial charge in [0.2, 0.25) is 0 Å². The second-order valence-corrected chi connectivity index (χ2v) is 6.90. The lowest BCUT2D eigenvalue weighted by atomic mass is 10.1. The number of benzene rings is 3. The first-order valence-electron chi connectivity index (χ1n) is 8.60. The van der Waals surface area contributed by atoms with Crippen LogP contribution in [0.4, 0.5) is 0 Å². The Morgan fingerprint density at radius 3 is 2.36 bits per heavy atom. The molecule has 0 fully saturated rings. The van der Waals surface area contributed by atoms with Crippen LogP contribution in [0.3, 0.4) is 0 Å². The molecule has 3 aromatic carbocycles. The van der Waals surface area contributed by atoms with E-state index in [0.717, 1.165) is 16.8 Å². The molecule has 3 aromatic rings. The number of nitrogens with one attached hydrogen (secondary N) is 1. The summed E-state index contributed by atoms with van der Waals surface area (Å²) in [6.45, 7) is 2.15. The second kappa shape index (κ2) is 9.40. The highest BCUT2D eigenvalue weighted by Crippen LogP contribution is 2.23. The van der Waals surface area contributed by atoms with Crippen molar-refractivity contribution in [2.75, 3.05) is 0 Å². The molecule has 1 amide bonds. The first-order valence-corrected chi connectivity index (χ1v) is 9.35. The molecular weight excluding hydrogens is 395 g/mol. The van der Waals surface area contributed by atoms with Crippen LogP contribution in [0.5, 0.6) is 5.75 Å². The average molecular weight is 413 g/mol. The molecule has 0 unspecified atom stereocenters. The number of halogens is 2. The minimum atomic E-state index is -0.289. The number of carbonyl (C=O) groups is 1. The minimum absolute atomic E-state index is 0.289. The molecule has 4 nitrogen and oxygen atoms in total. The van der Waals surface area contributed by atoms with E-state index in [1.807, 2.05) is 43.3 Å². The number of hydrogen-bond donors (Lipinski definition) is 1. The third-order valence-corrected chi connectivity index (χ3v) is 4.63. The maximum Gasteiger partial charge on any atom is 0.271 e. The van der Waals surface area contributed by atoms with Crippen molar-refractivity contribution in [2.45, 2.75) is 13.5 Å². The van der Waals surface area contributed by atoms with Gasteiger partial charge >= 0.3 is 0 Å². The lowest BCUT2D eigenvalue weighted by Gasteiger charge is -2.09. The van der Waals surface area contributed by atoms with Gasteiger partial charge < -0.3 is 4.74 Å². The van der Waals surface area contributed by atoms with Crippen molar-refractivity contribution < 1.29 is 9.53 Å². The molecule has 0 bridgehead atoms. The number of hydrogen-bond acceptors (Lipinski definition) is 3. The lowest BCUT2D eigenvalue weighted by Crippen LogP contribution is -2.19. The zero-order valence-electron chi connectivity index (χ0n) is 15.2. The normalized spacial score (nSPS) is 11.2. The first-order chi connectivity index (χ1) is 13.5. The summed E-state index contributed by atoms with van der Waals surface area (Å²) in [5, 5.41) is 5.28. The van der Waals surface area contributed by atoms with Crippen LogP contribution in [-0.4, -0.2) is 11.6 Å². The number of rotatable bonds is 6. The Hall–Kier alpha value is -2.82. The molecule has 0 aromatic heterocycles. The van der Waals surface area contributed by atoms with E-state index in [-0.39, 0.29) is 5.91 Å². The number of amides is 1. The molecule has 6 heteroatoms. The molecule has 0 heterocycles. The summed E-state index contributed by atoms with van der Waals surface area (Å²) in [6, 6.07) is 21.7. The van der Waals surface area contributed by atoms with Crippen molar-refractivity contribution in [3.05, 3.63) is 99.5 Å². The summed E-state index contributed by atoms with van der Waals surface area (Å²) in [7, 11) is 0. The van der Waals surface area contributed by atoms with Crippen molar-refractivity contribution in [1.82, 2.24) is 5.43 Å². The Balaban J connectivity index is 1.58. The minimum Gasteiger partial charge on any atom is -0.489 e. The van der Waals surface area contributed by atoms with Crippen molar-refractivity contribution >= 4 is 34.8 Å². The summed E-state index contributed by atoms with van der Waals surface area (Å²) in [5.41, 5.74) is 5.57. The summed E-state index contributed by atoms with van der Waals surface area (Å²) in [6.07, 6.45) is 0. The third-order valence-electron chi connectivity index (χ3n) is 4.04. The smallest absolute Gasteiger partial charge is 0.271 e. The van der Waals surface area contributed by atoms with Gasteiger partial charge in [-0.1, -0.05) is 59.6 Å². The Morgan fingerprint density at radius 1 is 0.964 bits per heavy atom. The van der Waals surface area contributed by atoms with Crippen LogP contribution in [0.15, 0.2) is 77.9 Å². The van der Waals surface area contributed by atoms with E-state index in [9.17, 15) is 4.79 Å². The highest BCUT2D eigenvalue weighted by Gasteiger charge is 2.07.